The minimum atomic E-state index is -0.0875. The number of nitrogens with zero attached hydrogens (tertiary/aromatic N) is 1. The quantitative estimate of drug-likeness (QED) is 0.175. The molecule has 1 aliphatic rings. The fourth-order valence-electron chi connectivity index (χ4n) is 7.90. The lowest BCUT2D eigenvalue weighted by Crippen LogP contribution is -2.15. The molecule has 0 fully saturated rings. The van der Waals surface area contributed by atoms with Crippen molar-refractivity contribution in [1.29, 1.82) is 0 Å². The number of hydrogen-bond acceptors (Lipinski definition) is 1. The maximum atomic E-state index is 2.41. The van der Waals surface area contributed by atoms with E-state index in [2.05, 4.69) is 195 Å². The predicted octanol–water partition coefficient (Wildman–Crippen LogP) is 13.1. The van der Waals surface area contributed by atoms with Crippen molar-refractivity contribution >= 4 is 38.6 Å². The second-order valence-electron chi connectivity index (χ2n) is 13.4. The summed E-state index contributed by atoms with van der Waals surface area (Å²) in [6.07, 6.45) is 0. The molecule has 1 heteroatoms. The number of para-hydroxylation sites is 1. The highest BCUT2D eigenvalue weighted by Crippen LogP contribution is 2.53. The molecule has 0 atom stereocenters. The lowest BCUT2D eigenvalue weighted by atomic mass is 9.82. The van der Waals surface area contributed by atoms with Crippen LogP contribution in [0.5, 0.6) is 0 Å². The summed E-state index contributed by atoms with van der Waals surface area (Å²) in [7, 11) is 0. The van der Waals surface area contributed by atoms with E-state index in [-0.39, 0.29) is 5.41 Å². The zero-order valence-electron chi connectivity index (χ0n) is 27.2. The van der Waals surface area contributed by atoms with Gasteiger partial charge >= 0.3 is 0 Å². The second-order valence-corrected chi connectivity index (χ2v) is 13.4. The molecular weight excluding hydrogens is 579 g/mol. The molecule has 9 rings (SSSR count). The molecule has 0 saturated heterocycles. The summed E-state index contributed by atoms with van der Waals surface area (Å²) in [4.78, 5) is 2.39. The van der Waals surface area contributed by atoms with E-state index in [4.69, 9.17) is 0 Å². The minimum Gasteiger partial charge on any atom is -0.310 e. The first kappa shape index (κ1) is 28.3. The summed E-state index contributed by atoms with van der Waals surface area (Å²) in [5.74, 6) is 0. The Bertz CT molecular complexity index is 2460. The molecule has 0 heterocycles. The van der Waals surface area contributed by atoms with Crippen molar-refractivity contribution < 1.29 is 0 Å². The van der Waals surface area contributed by atoms with Gasteiger partial charge in [0.1, 0.15) is 0 Å². The lowest BCUT2D eigenvalue weighted by molar-refractivity contribution is 0.660. The van der Waals surface area contributed by atoms with Gasteiger partial charge in [0, 0.05) is 22.5 Å². The van der Waals surface area contributed by atoms with E-state index < -0.39 is 0 Å². The van der Waals surface area contributed by atoms with Gasteiger partial charge in [0.2, 0.25) is 0 Å². The van der Waals surface area contributed by atoms with Crippen molar-refractivity contribution in [3.05, 3.63) is 187 Å². The fraction of sp³-hybridized carbons (Fsp3) is 0.0638. The molecule has 0 bridgehead atoms. The molecule has 0 spiro atoms. The average molecular weight is 614 g/mol. The van der Waals surface area contributed by atoms with Gasteiger partial charge in [0.25, 0.3) is 0 Å². The van der Waals surface area contributed by atoms with Crippen molar-refractivity contribution in [3.8, 4) is 33.4 Å². The first-order chi connectivity index (χ1) is 23.6. The van der Waals surface area contributed by atoms with Crippen LogP contribution in [0.1, 0.15) is 25.0 Å². The van der Waals surface area contributed by atoms with Gasteiger partial charge in [-0.1, -0.05) is 147 Å². The Morgan fingerprint density at radius 1 is 0.375 bits per heavy atom. The van der Waals surface area contributed by atoms with Crippen LogP contribution in [0.3, 0.4) is 0 Å². The molecule has 228 valence electrons. The summed E-state index contributed by atoms with van der Waals surface area (Å²) in [6, 6.07) is 64.3. The highest BCUT2D eigenvalue weighted by molar-refractivity contribution is 6.13. The molecule has 8 aromatic rings. The molecule has 0 radical (unpaired) electrons. The summed E-state index contributed by atoms with van der Waals surface area (Å²) in [6.45, 7) is 4.71. The van der Waals surface area contributed by atoms with E-state index in [1.807, 2.05) is 0 Å². The Balaban J connectivity index is 1.19. The standard InChI is InChI=1S/C47H35N/c1-47(2)44-29-28-37(31-43(44)46-39(22-13-23-45(46)47)32-14-5-3-6-15-32)48(35-17-7-4-8-18-35)36-26-24-33(25-27-36)42-30-34-16-9-10-19-38(34)40-20-11-12-21-41(40)42/h3-31H,1-2H3. The zero-order chi connectivity index (χ0) is 32.2. The number of rotatable bonds is 5. The molecule has 0 aromatic heterocycles. The largest absolute Gasteiger partial charge is 0.310 e. The molecule has 0 aliphatic heterocycles. The van der Waals surface area contributed by atoms with Crippen molar-refractivity contribution in [1.82, 2.24) is 0 Å². The normalized spacial score (nSPS) is 13.0. The predicted molar refractivity (Wildman–Crippen MR) is 205 cm³/mol. The third-order valence-electron chi connectivity index (χ3n) is 10.2. The summed E-state index contributed by atoms with van der Waals surface area (Å²) < 4.78 is 0. The van der Waals surface area contributed by atoms with E-state index in [0.29, 0.717) is 0 Å². The second kappa shape index (κ2) is 11.1. The topological polar surface area (TPSA) is 3.24 Å². The van der Waals surface area contributed by atoms with Crippen molar-refractivity contribution in [2.45, 2.75) is 19.3 Å². The van der Waals surface area contributed by atoms with Crippen LogP contribution < -0.4 is 4.90 Å². The van der Waals surface area contributed by atoms with Crippen LogP contribution in [-0.2, 0) is 5.41 Å². The maximum absolute atomic E-state index is 2.41. The Hall–Kier alpha value is -5.92. The average Bonchev–Trinajstić information content (AvgIpc) is 3.38. The Morgan fingerprint density at radius 3 is 1.75 bits per heavy atom. The number of benzene rings is 8. The van der Waals surface area contributed by atoms with Crippen LogP contribution in [0.2, 0.25) is 0 Å². The molecule has 8 aromatic carbocycles. The van der Waals surface area contributed by atoms with Crippen LogP contribution in [0.25, 0.3) is 54.9 Å². The van der Waals surface area contributed by atoms with Gasteiger partial charge in [-0.05, 0) is 109 Å². The van der Waals surface area contributed by atoms with Gasteiger partial charge in [-0.25, -0.2) is 0 Å². The van der Waals surface area contributed by atoms with Gasteiger partial charge in [-0.15, -0.1) is 0 Å². The Kier molecular flexibility index (Phi) is 6.55. The summed E-state index contributed by atoms with van der Waals surface area (Å²) in [5, 5.41) is 5.12. The van der Waals surface area contributed by atoms with E-state index in [1.54, 1.807) is 0 Å². The van der Waals surface area contributed by atoms with Crippen molar-refractivity contribution in [2.24, 2.45) is 0 Å². The third-order valence-corrected chi connectivity index (χ3v) is 10.2. The zero-order valence-corrected chi connectivity index (χ0v) is 27.2. The van der Waals surface area contributed by atoms with Crippen LogP contribution in [-0.4, -0.2) is 0 Å². The minimum absolute atomic E-state index is 0.0875. The Morgan fingerprint density at radius 2 is 0.979 bits per heavy atom. The first-order valence-electron chi connectivity index (χ1n) is 16.8. The molecule has 48 heavy (non-hydrogen) atoms. The third kappa shape index (κ3) is 4.47. The molecule has 0 amide bonds. The van der Waals surface area contributed by atoms with Crippen LogP contribution in [0, 0.1) is 0 Å². The van der Waals surface area contributed by atoms with Crippen LogP contribution in [0.15, 0.2) is 176 Å². The highest BCUT2D eigenvalue weighted by atomic mass is 15.1. The monoisotopic (exact) mass is 613 g/mol. The molecule has 0 saturated carbocycles. The van der Waals surface area contributed by atoms with E-state index in [9.17, 15) is 0 Å². The van der Waals surface area contributed by atoms with Crippen molar-refractivity contribution in [2.75, 3.05) is 4.90 Å². The molecule has 0 N–H and O–H groups in total. The van der Waals surface area contributed by atoms with Crippen LogP contribution in [0.4, 0.5) is 17.1 Å². The van der Waals surface area contributed by atoms with E-state index in [0.717, 1.165) is 17.1 Å². The summed E-state index contributed by atoms with van der Waals surface area (Å²) in [5.41, 5.74) is 13.7. The lowest BCUT2D eigenvalue weighted by Gasteiger charge is -2.27. The van der Waals surface area contributed by atoms with E-state index >= 15 is 0 Å². The highest BCUT2D eigenvalue weighted by Gasteiger charge is 2.37. The van der Waals surface area contributed by atoms with Gasteiger partial charge in [-0.3, -0.25) is 0 Å². The van der Waals surface area contributed by atoms with Gasteiger partial charge in [0.05, 0.1) is 0 Å². The van der Waals surface area contributed by atoms with Gasteiger partial charge in [-0.2, -0.15) is 0 Å². The maximum Gasteiger partial charge on any atom is 0.0468 e. The summed E-state index contributed by atoms with van der Waals surface area (Å²) >= 11 is 0. The molecule has 1 nitrogen and oxygen atoms in total. The fourth-order valence-corrected chi connectivity index (χ4v) is 7.90. The van der Waals surface area contributed by atoms with Crippen molar-refractivity contribution in [3.63, 3.8) is 0 Å². The van der Waals surface area contributed by atoms with Crippen LogP contribution >= 0.6 is 0 Å². The number of hydrogen-bond donors (Lipinski definition) is 0. The number of anilines is 3. The van der Waals surface area contributed by atoms with Gasteiger partial charge < -0.3 is 4.90 Å². The molecular formula is C47H35N. The number of fused-ring (bicyclic) bond motifs is 6. The smallest absolute Gasteiger partial charge is 0.0468 e. The first-order valence-corrected chi connectivity index (χ1v) is 16.8. The molecule has 0 unspecified atom stereocenters. The Labute approximate surface area is 282 Å². The van der Waals surface area contributed by atoms with Gasteiger partial charge in [0.15, 0.2) is 0 Å². The van der Waals surface area contributed by atoms with E-state index in [1.165, 1.54) is 66.1 Å². The SMILES string of the molecule is CC1(C)c2ccc(N(c3ccccc3)c3ccc(-c4cc5ccccc5c5ccccc45)cc3)cc2-c2c(-c3ccccc3)cccc21. The molecule has 1 aliphatic carbocycles.